The van der Waals surface area contributed by atoms with Crippen LogP contribution >= 0.6 is 39.9 Å². The summed E-state index contributed by atoms with van der Waals surface area (Å²) in [6.45, 7) is 0. The van der Waals surface area contributed by atoms with Gasteiger partial charge in [-0.2, -0.15) is 0 Å². The van der Waals surface area contributed by atoms with Crippen LogP contribution in [0.5, 0.6) is 0 Å². The number of halogens is 3. The van der Waals surface area contributed by atoms with Crippen molar-refractivity contribution in [2.24, 2.45) is 0 Å². The Morgan fingerprint density at radius 2 is 2.23 bits per heavy atom. The minimum absolute atomic E-state index is 0. The van der Waals surface area contributed by atoms with Gasteiger partial charge in [-0.05, 0) is 28.1 Å². The van der Waals surface area contributed by atoms with Crippen LogP contribution in [0.3, 0.4) is 0 Å². The summed E-state index contributed by atoms with van der Waals surface area (Å²) in [5, 5.41) is 0. The molecule has 0 aliphatic carbocycles. The number of fused-ring (bicyclic) bond motifs is 1. The fourth-order valence-corrected chi connectivity index (χ4v) is 1.98. The molecule has 0 amide bonds. The maximum Gasteiger partial charge on any atom is 0.137 e. The van der Waals surface area contributed by atoms with E-state index in [2.05, 4.69) is 20.9 Å². The maximum absolute atomic E-state index is 5.70. The van der Waals surface area contributed by atoms with Crippen LogP contribution in [-0.4, -0.2) is 9.38 Å². The third-order valence-electron chi connectivity index (χ3n) is 1.66. The molecule has 2 nitrogen and oxygen atoms in total. The fourth-order valence-electron chi connectivity index (χ4n) is 1.10. The number of hydrogen-bond donors (Lipinski definition) is 0. The van der Waals surface area contributed by atoms with Gasteiger partial charge in [0, 0.05) is 6.20 Å². The third-order valence-corrected chi connectivity index (χ3v) is 2.76. The standard InChI is InChI=1S/C8H6BrClN2.ClH/c9-8-6(5-10)11-7-3-1-2-4-12(7)8;/h1-4H,5H2;1H. The summed E-state index contributed by atoms with van der Waals surface area (Å²) >= 11 is 9.13. The number of pyridine rings is 1. The molecule has 0 fully saturated rings. The summed E-state index contributed by atoms with van der Waals surface area (Å²) in [5.41, 5.74) is 1.79. The molecule has 0 aliphatic heterocycles. The lowest BCUT2D eigenvalue weighted by molar-refractivity contribution is 1.14. The van der Waals surface area contributed by atoms with Crippen LogP contribution in [0.2, 0.25) is 0 Å². The molecule has 0 bridgehead atoms. The Morgan fingerprint density at radius 1 is 1.46 bits per heavy atom. The summed E-state index contributed by atoms with van der Waals surface area (Å²) in [4.78, 5) is 4.31. The van der Waals surface area contributed by atoms with Crippen molar-refractivity contribution >= 4 is 45.6 Å². The van der Waals surface area contributed by atoms with Crippen LogP contribution in [0.25, 0.3) is 5.65 Å². The van der Waals surface area contributed by atoms with Crippen molar-refractivity contribution in [3.8, 4) is 0 Å². The summed E-state index contributed by atoms with van der Waals surface area (Å²) in [6, 6.07) is 5.85. The molecule has 0 unspecified atom stereocenters. The molecule has 70 valence electrons. The molecule has 5 heteroatoms. The van der Waals surface area contributed by atoms with Crippen LogP contribution in [-0.2, 0) is 5.88 Å². The van der Waals surface area contributed by atoms with Crippen molar-refractivity contribution in [1.29, 1.82) is 0 Å². The summed E-state index contributed by atoms with van der Waals surface area (Å²) in [5.74, 6) is 0.433. The highest BCUT2D eigenvalue weighted by Crippen LogP contribution is 2.19. The smallest absolute Gasteiger partial charge is 0.137 e. The topological polar surface area (TPSA) is 17.3 Å². The van der Waals surface area contributed by atoms with E-state index in [9.17, 15) is 0 Å². The molecule has 0 atom stereocenters. The van der Waals surface area contributed by atoms with Crippen molar-refractivity contribution in [1.82, 2.24) is 9.38 Å². The number of aromatic nitrogens is 2. The monoisotopic (exact) mass is 280 g/mol. The van der Waals surface area contributed by atoms with E-state index < -0.39 is 0 Å². The summed E-state index contributed by atoms with van der Waals surface area (Å²) in [6.07, 6.45) is 1.95. The molecule has 2 aromatic rings. The van der Waals surface area contributed by atoms with E-state index in [1.54, 1.807) is 0 Å². The van der Waals surface area contributed by atoms with Gasteiger partial charge in [-0.25, -0.2) is 4.98 Å². The van der Waals surface area contributed by atoms with Gasteiger partial charge in [0.05, 0.1) is 11.6 Å². The van der Waals surface area contributed by atoms with Crippen molar-refractivity contribution < 1.29 is 0 Å². The van der Waals surface area contributed by atoms with E-state index in [1.807, 2.05) is 28.8 Å². The lowest BCUT2D eigenvalue weighted by atomic mass is 10.5. The minimum Gasteiger partial charge on any atom is -0.294 e. The van der Waals surface area contributed by atoms with Crippen molar-refractivity contribution in [2.45, 2.75) is 5.88 Å². The quantitative estimate of drug-likeness (QED) is 0.734. The van der Waals surface area contributed by atoms with Crippen LogP contribution in [0.1, 0.15) is 5.69 Å². The predicted octanol–water partition coefficient (Wildman–Crippen LogP) is 3.26. The second kappa shape index (κ2) is 4.31. The Hall–Kier alpha value is -0.250. The number of rotatable bonds is 1. The van der Waals surface area contributed by atoms with Gasteiger partial charge in [0.2, 0.25) is 0 Å². The first-order valence-electron chi connectivity index (χ1n) is 3.50. The lowest BCUT2D eigenvalue weighted by Crippen LogP contribution is -1.81. The number of hydrogen-bond acceptors (Lipinski definition) is 1. The Labute approximate surface area is 95.5 Å². The number of imidazole rings is 1. The highest BCUT2D eigenvalue weighted by atomic mass is 79.9. The van der Waals surface area contributed by atoms with Crippen LogP contribution in [0.15, 0.2) is 29.0 Å². The molecule has 0 aromatic carbocycles. The second-order valence-corrected chi connectivity index (χ2v) is 3.43. The van der Waals surface area contributed by atoms with E-state index >= 15 is 0 Å². The van der Waals surface area contributed by atoms with Crippen LogP contribution in [0, 0.1) is 0 Å². The van der Waals surface area contributed by atoms with Gasteiger partial charge in [-0.3, -0.25) is 4.40 Å². The highest BCUT2D eigenvalue weighted by molar-refractivity contribution is 9.10. The van der Waals surface area contributed by atoms with Gasteiger partial charge in [-0.15, -0.1) is 24.0 Å². The van der Waals surface area contributed by atoms with Crippen molar-refractivity contribution in [3.05, 3.63) is 34.7 Å². The first-order valence-corrected chi connectivity index (χ1v) is 4.83. The van der Waals surface area contributed by atoms with Gasteiger partial charge in [-0.1, -0.05) is 6.07 Å². The molecular formula is C8H7BrCl2N2. The number of alkyl halides is 1. The van der Waals surface area contributed by atoms with Crippen molar-refractivity contribution in [3.63, 3.8) is 0 Å². The zero-order valence-corrected chi connectivity index (χ0v) is 9.73. The summed E-state index contributed by atoms with van der Waals surface area (Å²) < 4.78 is 2.89. The first-order chi connectivity index (χ1) is 5.83. The fraction of sp³-hybridized carbons (Fsp3) is 0.125. The third kappa shape index (κ3) is 1.82. The Morgan fingerprint density at radius 3 is 2.85 bits per heavy atom. The Balaban J connectivity index is 0.000000845. The van der Waals surface area contributed by atoms with Gasteiger partial charge >= 0.3 is 0 Å². The van der Waals surface area contributed by atoms with Crippen LogP contribution in [0.4, 0.5) is 0 Å². The Kier molecular flexibility index (Phi) is 3.59. The predicted molar refractivity (Wildman–Crippen MR) is 59.7 cm³/mol. The molecule has 0 saturated carbocycles. The second-order valence-electron chi connectivity index (χ2n) is 2.41. The average molecular weight is 282 g/mol. The van der Waals surface area contributed by atoms with Gasteiger partial charge < -0.3 is 0 Å². The molecule has 0 N–H and O–H groups in total. The van der Waals surface area contributed by atoms with Crippen LogP contribution < -0.4 is 0 Å². The largest absolute Gasteiger partial charge is 0.294 e. The molecule has 13 heavy (non-hydrogen) atoms. The van der Waals surface area contributed by atoms with E-state index in [-0.39, 0.29) is 12.4 Å². The van der Waals surface area contributed by atoms with Crippen molar-refractivity contribution in [2.75, 3.05) is 0 Å². The SMILES string of the molecule is Cl.ClCc1nc2ccccn2c1Br. The van der Waals surface area contributed by atoms with E-state index in [0.29, 0.717) is 5.88 Å². The summed E-state index contributed by atoms with van der Waals surface area (Å²) in [7, 11) is 0. The zero-order chi connectivity index (χ0) is 8.55. The van der Waals surface area contributed by atoms with E-state index in [0.717, 1.165) is 15.9 Å². The molecule has 2 rings (SSSR count). The number of nitrogens with zero attached hydrogens (tertiary/aromatic N) is 2. The van der Waals surface area contributed by atoms with E-state index in [4.69, 9.17) is 11.6 Å². The molecule has 0 radical (unpaired) electrons. The lowest BCUT2D eigenvalue weighted by Gasteiger charge is -1.91. The molecule has 2 heterocycles. The first kappa shape index (κ1) is 10.8. The molecule has 2 aromatic heterocycles. The average Bonchev–Trinajstić information content (AvgIpc) is 2.44. The zero-order valence-electron chi connectivity index (χ0n) is 6.58. The normalized spacial score (nSPS) is 10.0. The molecular weight excluding hydrogens is 275 g/mol. The molecule has 0 aliphatic rings. The van der Waals surface area contributed by atoms with Gasteiger partial charge in [0.15, 0.2) is 0 Å². The highest BCUT2D eigenvalue weighted by Gasteiger charge is 2.06. The van der Waals surface area contributed by atoms with Gasteiger partial charge in [0.1, 0.15) is 10.3 Å². The molecule has 0 saturated heterocycles. The van der Waals surface area contributed by atoms with Gasteiger partial charge in [0.25, 0.3) is 0 Å². The maximum atomic E-state index is 5.70. The molecule has 0 spiro atoms. The van der Waals surface area contributed by atoms with E-state index in [1.165, 1.54) is 0 Å². The Bertz CT molecular complexity index is 413. The minimum atomic E-state index is 0.